The molecule has 0 fully saturated rings. The Hall–Kier alpha value is -2.60. The molecule has 150 valence electrons. The third kappa shape index (κ3) is 3.97. The topological polar surface area (TPSA) is 72.9 Å². The fourth-order valence-electron chi connectivity index (χ4n) is 3.40. The number of nitrogens with zero attached hydrogens (tertiary/aromatic N) is 1. The highest BCUT2D eigenvalue weighted by Crippen LogP contribution is 2.44. The maximum Gasteiger partial charge on any atom is 0.337 e. The molecule has 0 amide bonds. The summed E-state index contributed by atoms with van der Waals surface area (Å²) in [5.41, 5.74) is 1.53. The van der Waals surface area contributed by atoms with Gasteiger partial charge < -0.3 is 14.4 Å². The van der Waals surface area contributed by atoms with Crippen molar-refractivity contribution in [3.8, 4) is 0 Å². The summed E-state index contributed by atoms with van der Waals surface area (Å²) < 4.78 is 10.4. The minimum Gasteiger partial charge on any atom is -0.466 e. The van der Waals surface area contributed by atoms with Gasteiger partial charge >= 0.3 is 11.9 Å². The molecule has 0 aromatic heterocycles. The van der Waals surface area contributed by atoms with Crippen molar-refractivity contribution >= 4 is 29.8 Å². The van der Waals surface area contributed by atoms with Crippen LogP contribution in [0.15, 0.2) is 46.8 Å². The van der Waals surface area contributed by atoms with Crippen molar-refractivity contribution in [1.82, 2.24) is 4.90 Å². The lowest BCUT2D eigenvalue weighted by molar-refractivity contribution is -0.143. The Morgan fingerprint density at radius 2 is 1.86 bits per heavy atom. The molecular weight excluding hydrogens is 382 g/mol. The average Bonchev–Trinajstić information content (AvgIpc) is 2.66. The Labute approximate surface area is 169 Å². The molecule has 0 spiro atoms. The highest BCUT2D eigenvalue weighted by atomic mass is 35.5. The SMILES string of the molecule is CCN1C(C)=C(C(=O)OC(C)C)C(c2ccccc2Cl)C(C(=O)OC)=C1C=O. The number of hydrogen-bond donors (Lipinski definition) is 0. The number of halogens is 1. The monoisotopic (exact) mass is 405 g/mol. The number of benzene rings is 1. The Bertz CT molecular complexity index is 856. The van der Waals surface area contributed by atoms with E-state index in [1.54, 1.807) is 49.9 Å². The van der Waals surface area contributed by atoms with Gasteiger partial charge in [-0.3, -0.25) is 4.79 Å². The van der Waals surface area contributed by atoms with Crippen LogP contribution in [-0.2, 0) is 23.9 Å². The van der Waals surface area contributed by atoms with E-state index in [1.807, 2.05) is 6.92 Å². The number of methoxy groups -OCH3 is 1. The van der Waals surface area contributed by atoms with Crippen molar-refractivity contribution in [3.63, 3.8) is 0 Å². The molecule has 0 saturated heterocycles. The van der Waals surface area contributed by atoms with Crippen LogP contribution in [0.25, 0.3) is 0 Å². The van der Waals surface area contributed by atoms with Gasteiger partial charge in [-0.15, -0.1) is 0 Å². The molecule has 0 bridgehead atoms. The van der Waals surface area contributed by atoms with Gasteiger partial charge in [-0.25, -0.2) is 9.59 Å². The smallest absolute Gasteiger partial charge is 0.337 e. The van der Waals surface area contributed by atoms with Gasteiger partial charge in [0.05, 0.1) is 36.0 Å². The molecule has 1 heterocycles. The highest BCUT2D eigenvalue weighted by molar-refractivity contribution is 6.31. The lowest BCUT2D eigenvalue weighted by Gasteiger charge is -2.36. The summed E-state index contributed by atoms with van der Waals surface area (Å²) in [6, 6.07) is 6.89. The van der Waals surface area contributed by atoms with Crippen molar-refractivity contribution < 1.29 is 23.9 Å². The van der Waals surface area contributed by atoms with E-state index in [0.29, 0.717) is 29.1 Å². The molecule has 1 aromatic rings. The van der Waals surface area contributed by atoms with Crippen LogP contribution in [0.1, 0.15) is 39.2 Å². The summed E-state index contributed by atoms with van der Waals surface area (Å²) in [6.07, 6.45) is 0.251. The van der Waals surface area contributed by atoms with Gasteiger partial charge in [0.15, 0.2) is 6.29 Å². The fourth-order valence-corrected chi connectivity index (χ4v) is 3.65. The molecule has 1 atom stereocenters. The molecule has 1 aliphatic rings. The van der Waals surface area contributed by atoms with Gasteiger partial charge in [-0.05, 0) is 39.3 Å². The molecule has 6 nitrogen and oxygen atoms in total. The number of likely N-dealkylation sites (N-methyl/N-ethyl adjacent to an activating group) is 1. The summed E-state index contributed by atoms with van der Waals surface area (Å²) in [4.78, 5) is 39.3. The van der Waals surface area contributed by atoms with Crippen molar-refractivity contribution in [1.29, 1.82) is 0 Å². The third-order valence-electron chi connectivity index (χ3n) is 4.55. The zero-order chi connectivity index (χ0) is 21.0. The van der Waals surface area contributed by atoms with E-state index >= 15 is 0 Å². The highest BCUT2D eigenvalue weighted by Gasteiger charge is 2.42. The molecule has 1 unspecified atom stereocenters. The minimum absolute atomic E-state index is 0.0637. The Kier molecular flexibility index (Phi) is 7.02. The average molecular weight is 406 g/mol. The van der Waals surface area contributed by atoms with Gasteiger partial charge in [-0.2, -0.15) is 0 Å². The number of rotatable bonds is 6. The number of esters is 2. The number of carbonyl (C=O) groups is 3. The molecule has 0 saturated carbocycles. The Morgan fingerprint density at radius 1 is 1.21 bits per heavy atom. The second-order valence-electron chi connectivity index (χ2n) is 6.56. The zero-order valence-corrected chi connectivity index (χ0v) is 17.4. The first-order valence-electron chi connectivity index (χ1n) is 8.99. The lowest BCUT2D eigenvalue weighted by Crippen LogP contribution is -2.37. The molecular formula is C21H24ClNO5. The van der Waals surface area contributed by atoms with Crippen molar-refractivity contribution in [2.24, 2.45) is 0 Å². The number of hydrogen-bond acceptors (Lipinski definition) is 6. The maximum absolute atomic E-state index is 13.0. The first kappa shape index (κ1) is 21.7. The quantitative estimate of drug-likeness (QED) is 0.531. The number of carbonyl (C=O) groups excluding carboxylic acids is 3. The van der Waals surface area contributed by atoms with Gasteiger partial charge in [-0.1, -0.05) is 29.8 Å². The molecule has 7 heteroatoms. The second kappa shape index (κ2) is 9.06. The molecule has 28 heavy (non-hydrogen) atoms. The van der Waals surface area contributed by atoms with Gasteiger partial charge in [0.1, 0.15) is 0 Å². The van der Waals surface area contributed by atoms with E-state index in [2.05, 4.69) is 0 Å². The maximum atomic E-state index is 13.0. The van der Waals surface area contributed by atoms with E-state index in [9.17, 15) is 14.4 Å². The number of ether oxygens (including phenoxy) is 2. The summed E-state index contributed by atoms with van der Waals surface area (Å²) in [6.45, 7) is 7.41. The van der Waals surface area contributed by atoms with E-state index in [4.69, 9.17) is 21.1 Å². The standard InChI is InChI=1S/C21H24ClNO5/c1-6-23-13(4)17(21(26)28-12(2)3)18(14-9-7-8-10-15(14)22)19(16(23)11-24)20(25)27-5/h7-12,18H,6H2,1-5H3. The normalized spacial score (nSPS) is 17.1. The lowest BCUT2D eigenvalue weighted by atomic mass is 9.79. The van der Waals surface area contributed by atoms with Crippen LogP contribution >= 0.6 is 11.6 Å². The minimum atomic E-state index is -0.879. The summed E-state index contributed by atoms with van der Waals surface area (Å²) in [5, 5.41) is 0.367. The molecule has 2 rings (SSSR count). The zero-order valence-electron chi connectivity index (χ0n) is 16.6. The van der Waals surface area contributed by atoms with E-state index < -0.39 is 17.9 Å². The van der Waals surface area contributed by atoms with E-state index in [1.165, 1.54) is 7.11 Å². The number of aldehydes is 1. The van der Waals surface area contributed by atoms with Crippen molar-refractivity contribution in [2.75, 3.05) is 13.7 Å². The predicted octanol–water partition coefficient (Wildman–Crippen LogP) is 3.61. The molecule has 0 N–H and O–H groups in total. The molecule has 1 aliphatic heterocycles. The summed E-state index contributed by atoms with van der Waals surface area (Å²) in [7, 11) is 1.23. The largest absolute Gasteiger partial charge is 0.466 e. The van der Waals surface area contributed by atoms with Gasteiger partial charge in [0, 0.05) is 17.3 Å². The molecule has 1 aromatic carbocycles. The first-order chi connectivity index (χ1) is 13.3. The van der Waals surface area contributed by atoms with Crippen molar-refractivity contribution in [3.05, 3.63) is 57.4 Å². The third-order valence-corrected chi connectivity index (χ3v) is 4.90. The Morgan fingerprint density at radius 3 is 2.36 bits per heavy atom. The molecule has 0 radical (unpaired) electrons. The van der Waals surface area contributed by atoms with E-state index in [-0.39, 0.29) is 22.9 Å². The summed E-state index contributed by atoms with van der Waals surface area (Å²) >= 11 is 6.40. The van der Waals surface area contributed by atoms with Crippen LogP contribution in [0.2, 0.25) is 5.02 Å². The van der Waals surface area contributed by atoms with Crippen LogP contribution in [-0.4, -0.2) is 42.9 Å². The first-order valence-corrected chi connectivity index (χ1v) is 9.37. The van der Waals surface area contributed by atoms with Crippen LogP contribution in [0, 0.1) is 0 Å². The Balaban J connectivity index is 2.86. The number of allylic oxidation sites excluding steroid dienone is 2. The second-order valence-corrected chi connectivity index (χ2v) is 6.97. The predicted molar refractivity (Wildman–Crippen MR) is 106 cm³/mol. The van der Waals surface area contributed by atoms with Crippen LogP contribution in [0.4, 0.5) is 0 Å². The van der Waals surface area contributed by atoms with Crippen LogP contribution < -0.4 is 0 Å². The van der Waals surface area contributed by atoms with Gasteiger partial charge in [0.25, 0.3) is 0 Å². The van der Waals surface area contributed by atoms with E-state index in [0.717, 1.165) is 0 Å². The summed E-state index contributed by atoms with van der Waals surface area (Å²) in [5.74, 6) is -2.15. The van der Waals surface area contributed by atoms with Crippen LogP contribution in [0.5, 0.6) is 0 Å². The van der Waals surface area contributed by atoms with Crippen molar-refractivity contribution in [2.45, 2.75) is 39.7 Å². The van der Waals surface area contributed by atoms with Crippen LogP contribution in [0.3, 0.4) is 0 Å². The molecule has 0 aliphatic carbocycles. The van der Waals surface area contributed by atoms with Gasteiger partial charge in [0.2, 0.25) is 0 Å². The fraction of sp³-hybridized carbons (Fsp3) is 0.381.